The van der Waals surface area contributed by atoms with Crippen molar-refractivity contribution >= 4 is 16.3 Å². The number of primary amides is 1. The molecule has 0 aromatic rings. The van der Waals surface area contributed by atoms with E-state index in [0.717, 1.165) is 36.1 Å². The van der Waals surface area contributed by atoms with Crippen molar-refractivity contribution in [1.29, 1.82) is 0 Å². The third-order valence-corrected chi connectivity index (χ3v) is 4.27. The van der Waals surface area contributed by atoms with Crippen molar-refractivity contribution in [3.05, 3.63) is 0 Å². The van der Waals surface area contributed by atoms with Crippen LogP contribution < -0.4 is 11.1 Å². The van der Waals surface area contributed by atoms with Crippen LogP contribution in [0.1, 0.15) is 38.5 Å². The van der Waals surface area contributed by atoms with Crippen molar-refractivity contribution in [1.82, 2.24) is 5.32 Å². The summed E-state index contributed by atoms with van der Waals surface area (Å²) in [5.74, 6) is 0. The molecule has 1 atom stereocenters. The van der Waals surface area contributed by atoms with Crippen LogP contribution in [0.4, 0.5) is 4.79 Å². The van der Waals surface area contributed by atoms with Crippen LogP contribution in [0.3, 0.4) is 0 Å². The van der Waals surface area contributed by atoms with Gasteiger partial charge in [0.25, 0.3) is 0 Å². The van der Waals surface area contributed by atoms with Gasteiger partial charge in [0.05, 0.1) is 0 Å². The molecule has 0 aliphatic carbocycles. The van der Waals surface area contributed by atoms with Crippen molar-refractivity contribution in [2.75, 3.05) is 13.2 Å². The number of urea groups is 1. The van der Waals surface area contributed by atoms with E-state index in [0.29, 0.717) is 6.54 Å². The Kier molecular flexibility index (Phi) is 5.11. The normalized spacial score (nSPS) is 26.4. The number of nitrogens with two attached hydrogens (primary N) is 1. The topological polar surface area (TPSA) is 64.4 Å². The van der Waals surface area contributed by atoms with E-state index in [2.05, 4.69) is 5.32 Å². The van der Waals surface area contributed by atoms with Gasteiger partial charge in [-0.2, -0.15) is 0 Å². The number of carbonyl (C=O) groups excluding carboxylic acids is 1. The van der Waals surface area contributed by atoms with E-state index >= 15 is 0 Å². The molecule has 2 amide bonds. The van der Waals surface area contributed by atoms with Crippen LogP contribution in [0.2, 0.25) is 0 Å². The lowest BCUT2D eigenvalue weighted by Gasteiger charge is -2.34. The molecule has 0 saturated carbocycles. The van der Waals surface area contributed by atoms with Crippen LogP contribution in [0.15, 0.2) is 0 Å². The monoisotopic (exact) mass is 230 g/mol. The second-order valence-corrected chi connectivity index (χ2v) is 6.33. The van der Waals surface area contributed by atoms with Gasteiger partial charge in [0.15, 0.2) is 0 Å². The summed E-state index contributed by atoms with van der Waals surface area (Å²) in [6, 6.07) is -0.426. The van der Waals surface area contributed by atoms with Gasteiger partial charge in [0.2, 0.25) is 0 Å². The lowest BCUT2D eigenvalue weighted by atomic mass is 10.0. The number of rotatable bonds is 5. The molecule has 1 aliphatic rings. The minimum atomic E-state index is -0.426. The van der Waals surface area contributed by atoms with E-state index in [1.54, 1.807) is 0 Å². The zero-order valence-corrected chi connectivity index (χ0v) is 11.6. The first kappa shape index (κ1) is 12.5. The maximum absolute atomic E-state index is 10.4. The molecule has 1 fully saturated rings. The highest BCUT2D eigenvalue weighted by atomic mass is 28.1. The summed E-state index contributed by atoms with van der Waals surface area (Å²) >= 11 is 0. The van der Waals surface area contributed by atoms with E-state index < -0.39 is 6.03 Å². The molecule has 0 radical (unpaired) electrons. The molecule has 0 aromatic carbocycles. The molecule has 4 nitrogen and oxygen atoms in total. The maximum atomic E-state index is 10.4. The van der Waals surface area contributed by atoms with Crippen LogP contribution in [-0.4, -0.2) is 34.6 Å². The van der Waals surface area contributed by atoms with Crippen LogP contribution in [0, 0.1) is 0 Å². The first-order valence-electron chi connectivity index (χ1n) is 5.80. The van der Waals surface area contributed by atoms with Gasteiger partial charge in [-0.1, -0.05) is 0 Å². The molecular weight excluding hydrogens is 208 g/mol. The van der Waals surface area contributed by atoms with Crippen molar-refractivity contribution in [3.8, 4) is 0 Å². The van der Waals surface area contributed by atoms with Gasteiger partial charge in [-0.25, -0.2) is 4.79 Å². The maximum Gasteiger partial charge on any atom is 0.312 e. The number of unbranched alkanes of at least 4 members (excludes halogenated alkanes) is 1. The molecule has 1 unspecified atom stereocenters. The van der Waals surface area contributed by atoms with Gasteiger partial charge in [-0.3, -0.25) is 0 Å². The molecule has 1 heterocycles. The molecule has 3 N–H and O–H groups in total. The third kappa shape index (κ3) is 5.18. The zero-order chi connectivity index (χ0) is 11.1. The number of nitrogens with one attached hydrogen (secondary N) is 1. The lowest BCUT2D eigenvalue weighted by Crippen LogP contribution is -2.37. The molecule has 1 aliphatic heterocycles. The van der Waals surface area contributed by atoms with Crippen molar-refractivity contribution < 1.29 is 9.53 Å². The average Bonchev–Trinajstić information content (AvgIpc) is 2.17. The van der Waals surface area contributed by atoms with Crippen molar-refractivity contribution in [2.24, 2.45) is 5.73 Å². The van der Waals surface area contributed by atoms with E-state index in [4.69, 9.17) is 10.5 Å². The van der Waals surface area contributed by atoms with Gasteiger partial charge >= 0.3 is 6.03 Å². The Balaban J connectivity index is 2.05. The molecule has 0 spiro atoms. The number of ether oxygens (including phenoxy) is 1. The van der Waals surface area contributed by atoms with Gasteiger partial charge in [0, 0.05) is 28.6 Å². The predicted molar refractivity (Wildman–Crippen MR) is 63.9 cm³/mol. The van der Waals surface area contributed by atoms with E-state index in [1.807, 2.05) is 0 Å². The highest BCUT2D eigenvalue weighted by molar-refractivity contribution is 6.14. The first-order chi connectivity index (χ1) is 7.12. The Morgan fingerprint density at radius 3 is 2.87 bits per heavy atom. The highest BCUT2D eigenvalue weighted by Gasteiger charge is 2.26. The summed E-state index contributed by atoms with van der Waals surface area (Å²) in [7, 11) is 1.11. The Morgan fingerprint density at radius 2 is 2.27 bits per heavy atom. The Morgan fingerprint density at radius 1 is 1.47 bits per heavy atom. The largest absolute Gasteiger partial charge is 0.380 e. The van der Waals surface area contributed by atoms with Gasteiger partial charge in [-0.05, 0) is 38.5 Å². The number of amides is 2. The summed E-state index contributed by atoms with van der Waals surface area (Å²) in [5, 5.41) is 2.82. The summed E-state index contributed by atoms with van der Waals surface area (Å²) in [4.78, 5) is 10.4. The molecular formula is C10H22N2O2Si. The van der Waals surface area contributed by atoms with Crippen molar-refractivity contribution in [2.45, 2.75) is 43.7 Å². The highest BCUT2D eigenvalue weighted by Crippen LogP contribution is 2.26. The molecule has 1 rings (SSSR count). The summed E-state index contributed by atoms with van der Waals surface area (Å²) < 4.78 is 5.84. The van der Waals surface area contributed by atoms with E-state index in [1.165, 1.54) is 19.3 Å². The minimum absolute atomic E-state index is 0.213. The predicted octanol–water partition coefficient (Wildman–Crippen LogP) is 0.0872. The van der Waals surface area contributed by atoms with Crippen LogP contribution in [0.25, 0.3) is 0 Å². The summed E-state index contributed by atoms with van der Waals surface area (Å²) in [6.07, 6.45) is 7.00. The fourth-order valence-corrected chi connectivity index (χ4v) is 2.94. The van der Waals surface area contributed by atoms with Crippen LogP contribution in [-0.2, 0) is 4.74 Å². The van der Waals surface area contributed by atoms with Gasteiger partial charge in [-0.15, -0.1) is 0 Å². The summed E-state index contributed by atoms with van der Waals surface area (Å²) in [6.45, 7) is 1.62. The smallest absolute Gasteiger partial charge is 0.312 e. The van der Waals surface area contributed by atoms with Gasteiger partial charge < -0.3 is 15.8 Å². The SMILES string of the molecule is NC(=O)NCCCCC1([SiH3])CCCCO1. The molecule has 88 valence electrons. The number of carbonyl (C=O) groups is 1. The van der Waals surface area contributed by atoms with Crippen LogP contribution >= 0.6 is 0 Å². The second-order valence-electron chi connectivity index (χ2n) is 4.50. The third-order valence-electron chi connectivity index (χ3n) is 2.98. The fraction of sp³-hybridized carbons (Fsp3) is 0.900. The van der Waals surface area contributed by atoms with E-state index in [-0.39, 0.29) is 5.22 Å². The van der Waals surface area contributed by atoms with Crippen molar-refractivity contribution in [3.63, 3.8) is 0 Å². The van der Waals surface area contributed by atoms with Crippen LogP contribution in [0.5, 0.6) is 0 Å². The molecule has 0 bridgehead atoms. The fourth-order valence-electron chi connectivity index (χ4n) is 2.02. The Bertz CT molecular complexity index is 206. The molecule has 1 saturated heterocycles. The lowest BCUT2D eigenvalue weighted by molar-refractivity contribution is -0.0238. The average molecular weight is 230 g/mol. The quantitative estimate of drug-likeness (QED) is 0.519. The molecule has 0 aromatic heterocycles. The first-order valence-corrected chi connectivity index (χ1v) is 6.80. The number of hydrogen-bond acceptors (Lipinski definition) is 2. The zero-order valence-electron chi connectivity index (χ0n) is 9.55. The Hall–Kier alpha value is -0.553. The van der Waals surface area contributed by atoms with Gasteiger partial charge in [0.1, 0.15) is 0 Å². The Labute approximate surface area is 94.4 Å². The van der Waals surface area contributed by atoms with E-state index in [9.17, 15) is 4.79 Å². The molecule has 15 heavy (non-hydrogen) atoms. The second kappa shape index (κ2) is 6.12. The standard InChI is InChI=1S/C10H22N2O2Si/c11-9(13)12-7-3-1-5-10(15)6-2-4-8-14-10/h1-8H2,15H3,(H3,11,12,13). The molecule has 5 heteroatoms. The number of hydrogen-bond donors (Lipinski definition) is 2. The summed E-state index contributed by atoms with van der Waals surface area (Å²) in [5.41, 5.74) is 4.98. The minimum Gasteiger partial charge on any atom is -0.380 e.